The molecule has 144 valence electrons. The van der Waals surface area contributed by atoms with Crippen LogP contribution in [0.3, 0.4) is 0 Å². The largest absolute Gasteiger partial charge is 0.451 e. The van der Waals surface area contributed by atoms with Crippen LogP contribution in [0, 0.1) is 17.6 Å². The van der Waals surface area contributed by atoms with Crippen molar-refractivity contribution >= 4 is 5.91 Å². The van der Waals surface area contributed by atoms with Gasteiger partial charge < -0.3 is 20.5 Å². The van der Waals surface area contributed by atoms with Crippen molar-refractivity contribution in [2.75, 3.05) is 13.2 Å². The van der Waals surface area contributed by atoms with Crippen LogP contribution in [-0.2, 0) is 16.1 Å². The Balaban J connectivity index is 1.57. The summed E-state index contributed by atoms with van der Waals surface area (Å²) in [6.07, 6.45) is 1.51. The molecule has 1 saturated heterocycles. The zero-order valence-corrected chi connectivity index (χ0v) is 14.8. The first-order valence-electron chi connectivity index (χ1n) is 8.86. The lowest BCUT2D eigenvalue weighted by Gasteiger charge is -2.26. The van der Waals surface area contributed by atoms with Gasteiger partial charge in [0, 0.05) is 19.8 Å². The Morgan fingerprint density at radius 3 is 2.56 bits per heavy atom. The highest BCUT2D eigenvalue weighted by Crippen LogP contribution is 2.27. The summed E-state index contributed by atoms with van der Waals surface area (Å²) in [6.45, 7) is 1.37. The van der Waals surface area contributed by atoms with E-state index in [1.54, 1.807) is 12.1 Å². The number of ether oxygens (including phenoxy) is 2. The number of nitrogens with one attached hydrogen (secondary N) is 1. The van der Waals surface area contributed by atoms with E-state index in [9.17, 15) is 13.6 Å². The van der Waals surface area contributed by atoms with Crippen molar-refractivity contribution in [2.24, 2.45) is 11.7 Å². The minimum atomic E-state index is -0.640. The molecule has 1 aliphatic heterocycles. The molecule has 3 N–H and O–H groups in total. The van der Waals surface area contributed by atoms with Crippen LogP contribution >= 0.6 is 0 Å². The molecule has 0 bridgehead atoms. The lowest BCUT2D eigenvalue weighted by atomic mass is 9.92. The maximum Gasteiger partial charge on any atom is 0.237 e. The SMILES string of the molecule is NC(C(=O)NCc1ccc(Oc2ccccc2F)c(F)c1)C1CCOCC1. The van der Waals surface area contributed by atoms with Crippen molar-refractivity contribution in [1.29, 1.82) is 0 Å². The molecule has 7 heteroatoms. The van der Waals surface area contributed by atoms with Gasteiger partial charge in [0.25, 0.3) is 0 Å². The second-order valence-corrected chi connectivity index (χ2v) is 6.49. The van der Waals surface area contributed by atoms with Gasteiger partial charge in [-0.25, -0.2) is 8.78 Å². The molecule has 1 unspecified atom stereocenters. The van der Waals surface area contributed by atoms with Gasteiger partial charge in [-0.1, -0.05) is 18.2 Å². The van der Waals surface area contributed by atoms with Gasteiger partial charge in [-0.3, -0.25) is 4.79 Å². The molecule has 1 atom stereocenters. The molecule has 0 aromatic heterocycles. The maximum atomic E-state index is 14.2. The third-order valence-corrected chi connectivity index (χ3v) is 4.60. The zero-order valence-electron chi connectivity index (χ0n) is 14.8. The van der Waals surface area contributed by atoms with Crippen molar-refractivity contribution in [3.05, 3.63) is 59.7 Å². The lowest BCUT2D eigenvalue weighted by molar-refractivity contribution is -0.124. The molecule has 0 spiro atoms. The molecule has 0 saturated carbocycles. The molecule has 0 aliphatic carbocycles. The third-order valence-electron chi connectivity index (χ3n) is 4.60. The first kappa shape index (κ1) is 19.3. The van der Waals surface area contributed by atoms with Crippen molar-refractivity contribution < 1.29 is 23.0 Å². The minimum Gasteiger partial charge on any atom is -0.451 e. The topological polar surface area (TPSA) is 73.6 Å². The molecule has 2 aromatic carbocycles. The second-order valence-electron chi connectivity index (χ2n) is 6.49. The van der Waals surface area contributed by atoms with E-state index >= 15 is 0 Å². The van der Waals surface area contributed by atoms with Gasteiger partial charge >= 0.3 is 0 Å². The fraction of sp³-hybridized carbons (Fsp3) is 0.350. The highest BCUT2D eigenvalue weighted by molar-refractivity contribution is 5.81. The van der Waals surface area contributed by atoms with E-state index in [2.05, 4.69) is 5.32 Å². The molecule has 1 fully saturated rings. The quantitative estimate of drug-likeness (QED) is 0.812. The predicted molar refractivity (Wildman–Crippen MR) is 96.2 cm³/mol. The van der Waals surface area contributed by atoms with Gasteiger partial charge in [0.05, 0.1) is 6.04 Å². The highest BCUT2D eigenvalue weighted by atomic mass is 19.1. The van der Waals surface area contributed by atoms with Gasteiger partial charge in [0.1, 0.15) is 0 Å². The number of hydrogen-bond acceptors (Lipinski definition) is 4. The van der Waals surface area contributed by atoms with Crippen molar-refractivity contribution in [3.8, 4) is 11.5 Å². The van der Waals surface area contributed by atoms with Crippen LogP contribution in [0.4, 0.5) is 8.78 Å². The number of hydrogen-bond donors (Lipinski definition) is 2. The number of carbonyl (C=O) groups excluding carboxylic acids is 1. The lowest BCUT2D eigenvalue weighted by Crippen LogP contribution is -2.46. The van der Waals surface area contributed by atoms with Crippen molar-refractivity contribution in [2.45, 2.75) is 25.4 Å². The van der Waals surface area contributed by atoms with Crippen LogP contribution in [0.15, 0.2) is 42.5 Å². The number of halogens is 2. The van der Waals surface area contributed by atoms with Crippen LogP contribution in [0.5, 0.6) is 11.5 Å². The number of para-hydroxylation sites is 1. The van der Waals surface area contributed by atoms with E-state index in [1.807, 2.05) is 0 Å². The number of benzene rings is 2. The van der Waals surface area contributed by atoms with E-state index in [0.29, 0.717) is 18.8 Å². The Kier molecular flexibility index (Phi) is 6.36. The van der Waals surface area contributed by atoms with Gasteiger partial charge in [0.2, 0.25) is 5.91 Å². The highest BCUT2D eigenvalue weighted by Gasteiger charge is 2.26. The summed E-state index contributed by atoms with van der Waals surface area (Å²) < 4.78 is 38.4. The molecule has 1 amide bonds. The molecule has 3 rings (SSSR count). The summed E-state index contributed by atoms with van der Waals surface area (Å²) in [5, 5.41) is 2.73. The standard InChI is InChI=1S/C20H22F2N2O3/c21-15-3-1-2-4-17(15)27-18-6-5-13(11-16(18)22)12-24-20(25)19(23)14-7-9-26-10-8-14/h1-6,11,14,19H,7-10,12,23H2,(H,24,25). The molecular formula is C20H22F2N2O3. The van der Waals surface area contributed by atoms with E-state index in [0.717, 1.165) is 12.8 Å². The minimum absolute atomic E-state index is 0.0557. The maximum absolute atomic E-state index is 14.2. The molecule has 27 heavy (non-hydrogen) atoms. The summed E-state index contributed by atoms with van der Waals surface area (Å²) in [5.41, 5.74) is 6.57. The molecular weight excluding hydrogens is 354 g/mol. The second kappa shape index (κ2) is 8.92. The van der Waals surface area contributed by atoms with Gasteiger partial charge in [0.15, 0.2) is 23.1 Å². The predicted octanol–water partition coefficient (Wildman–Crippen LogP) is 3.13. The first-order valence-corrected chi connectivity index (χ1v) is 8.86. The molecule has 5 nitrogen and oxygen atoms in total. The Morgan fingerprint density at radius 2 is 1.85 bits per heavy atom. The Morgan fingerprint density at radius 1 is 1.15 bits per heavy atom. The fourth-order valence-corrected chi connectivity index (χ4v) is 2.98. The van der Waals surface area contributed by atoms with Crippen LogP contribution in [0.1, 0.15) is 18.4 Å². The summed E-state index contributed by atoms with van der Waals surface area (Å²) in [4.78, 5) is 12.2. The van der Waals surface area contributed by atoms with E-state index < -0.39 is 17.7 Å². The van der Waals surface area contributed by atoms with Crippen molar-refractivity contribution in [1.82, 2.24) is 5.32 Å². The van der Waals surface area contributed by atoms with Crippen molar-refractivity contribution in [3.63, 3.8) is 0 Å². The van der Waals surface area contributed by atoms with Gasteiger partial charge in [-0.15, -0.1) is 0 Å². The van der Waals surface area contributed by atoms with E-state index in [1.165, 1.54) is 30.3 Å². The summed E-state index contributed by atoms with van der Waals surface area (Å²) >= 11 is 0. The molecule has 1 heterocycles. The van der Waals surface area contributed by atoms with Crippen LogP contribution in [0.2, 0.25) is 0 Å². The summed E-state index contributed by atoms with van der Waals surface area (Å²) in [6, 6.07) is 9.43. The Hall–Kier alpha value is -2.51. The summed E-state index contributed by atoms with van der Waals surface area (Å²) in [7, 11) is 0. The van der Waals surface area contributed by atoms with Crippen LogP contribution in [-0.4, -0.2) is 25.2 Å². The Bertz CT molecular complexity index is 795. The van der Waals surface area contributed by atoms with E-state index in [-0.39, 0.29) is 29.9 Å². The normalized spacial score (nSPS) is 16.0. The average molecular weight is 376 g/mol. The monoisotopic (exact) mass is 376 g/mol. The number of amides is 1. The van der Waals surface area contributed by atoms with Crippen LogP contribution < -0.4 is 15.8 Å². The number of rotatable bonds is 6. The smallest absolute Gasteiger partial charge is 0.237 e. The molecule has 0 radical (unpaired) electrons. The molecule has 2 aromatic rings. The van der Waals surface area contributed by atoms with Gasteiger partial charge in [-0.2, -0.15) is 0 Å². The zero-order chi connectivity index (χ0) is 19.2. The molecule has 1 aliphatic rings. The Labute approximate surface area is 156 Å². The van der Waals surface area contributed by atoms with E-state index in [4.69, 9.17) is 15.2 Å². The number of carbonyl (C=O) groups is 1. The first-order chi connectivity index (χ1) is 13.0. The third kappa shape index (κ3) is 5.02. The van der Waals surface area contributed by atoms with Crippen LogP contribution in [0.25, 0.3) is 0 Å². The average Bonchev–Trinajstić information content (AvgIpc) is 2.69. The fourth-order valence-electron chi connectivity index (χ4n) is 2.98. The van der Waals surface area contributed by atoms with Gasteiger partial charge in [-0.05, 0) is 48.6 Å². The number of nitrogens with two attached hydrogens (primary N) is 1. The summed E-state index contributed by atoms with van der Waals surface area (Å²) in [5.74, 6) is -1.54.